The Morgan fingerprint density at radius 1 is 0.412 bits per heavy atom. The molecule has 0 aromatic carbocycles. The third-order valence-electron chi connectivity index (χ3n) is 13.9. The Hall–Kier alpha value is -1.92. The van der Waals surface area contributed by atoms with Gasteiger partial charge < -0.3 is 20.3 Å². The minimum Gasteiger partial charge on any atom is -0.466 e. The molecule has 6 nitrogen and oxygen atoms in total. The van der Waals surface area contributed by atoms with E-state index in [4.69, 9.17) is 4.74 Å². The zero-order valence-corrected chi connectivity index (χ0v) is 45.6. The summed E-state index contributed by atoms with van der Waals surface area (Å²) in [7, 11) is 0. The van der Waals surface area contributed by atoms with Gasteiger partial charge in [0.2, 0.25) is 5.91 Å². The maximum atomic E-state index is 12.5. The molecule has 0 saturated carbocycles. The molecule has 0 saturated heterocycles. The van der Waals surface area contributed by atoms with E-state index in [2.05, 4.69) is 43.5 Å². The van der Waals surface area contributed by atoms with E-state index in [1.54, 1.807) is 6.08 Å². The summed E-state index contributed by atoms with van der Waals surface area (Å²) in [5, 5.41) is 23.1. The Morgan fingerprint density at radius 2 is 0.750 bits per heavy atom. The van der Waals surface area contributed by atoms with Crippen LogP contribution in [0.1, 0.15) is 322 Å². The molecule has 68 heavy (non-hydrogen) atoms. The average molecular weight is 957 g/mol. The molecule has 0 radical (unpaired) electrons. The van der Waals surface area contributed by atoms with E-state index < -0.39 is 12.1 Å². The minimum atomic E-state index is -0.844. The fourth-order valence-corrected chi connectivity index (χ4v) is 9.24. The van der Waals surface area contributed by atoms with E-state index in [1.165, 1.54) is 244 Å². The van der Waals surface area contributed by atoms with Crippen LogP contribution in [-0.4, -0.2) is 47.4 Å². The van der Waals surface area contributed by atoms with Crippen LogP contribution in [0.3, 0.4) is 0 Å². The van der Waals surface area contributed by atoms with Gasteiger partial charge in [-0.05, 0) is 57.8 Å². The van der Waals surface area contributed by atoms with Gasteiger partial charge in [0.05, 0.1) is 25.4 Å². The highest BCUT2D eigenvalue weighted by Crippen LogP contribution is 2.17. The van der Waals surface area contributed by atoms with Crippen LogP contribution in [0, 0.1) is 0 Å². The van der Waals surface area contributed by atoms with E-state index in [0.717, 1.165) is 51.4 Å². The number of esters is 1. The van der Waals surface area contributed by atoms with E-state index >= 15 is 0 Å². The monoisotopic (exact) mass is 956 g/mol. The zero-order valence-electron chi connectivity index (χ0n) is 45.6. The van der Waals surface area contributed by atoms with Crippen LogP contribution in [0.4, 0.5) is 0 Å². The summed E-state index contributed by atoms with van der Waals surface area (Å²) in [4.78, 5) is 24.5. The van der Waals surface area contributed by atoms with Gasteiger partial charge in [0.25, 0.3) is 0 Å². The fraction of sp³-hybridized carbons (Fsp3) is 0.871. The van der Waals surface area contributed by atoms with Crippen molar-refractivity contribution in [3.05, 3.63) is 36.5 Å². The molecule has 0 rings (SSSR count). The maximum Gasteiger partial charge on any atom is 0.305 e. The first-order valence-electron chi connectivity index (χ1n) is 30.3. The third-order valence-corrected chi connectivity index (χ3v) is 13.9. The maximum absolute atomic E-state index is 12.5. The van der Waals surface area contributed by atoms with Crippen LogP contribution >= 0.6 is 0 Å². The summed E-state index contributed by atoms with van der Waals surface area (Å²) in [6.07, 6.45) is 71.8. The van der Waals surface area contributed by atoms with Crippen molar-refractivity contribution in [1.82, 2.24) is 5.32 Å². The quantitative estimate of drug-likeness (QED) is 0.0321. The highest BCUT2D eigenvalue weighted by molar-refractivity contribution is 5.76. The van der Waals surface area contributed by atoms with Gasteiger partial charge in [-0.3, -0.25) is 9.59 Å². The van der Waals surface area contributed by atoms with Crippen molar-refractivity contribution in [3.8, 4) is 0 Å². The first kappa shape index (κ1) is 66.1. The third kappa shape index (κ3) is 53.4. The van der Waals surface area contributed by atoms with Gasteiger partial charge in [-0.15, -0.1) is 0 Å². The lowest BCUT2D eigenvalue weighted by Gasteiger charge is -2.20. The van der Waals surface area contributed by atoms with Crippen LogP contribution in [0.2, 0.25) is 0 Å². The van der Waals surface area contributed by atoms with E-state index in [-0.39, 0.29) is 18.5 Å². The Balaban J connectivity index is 3.39. The number of nitrogens with one attached hydrogen (secondary N) is 1. The number of ether oxygens (including phenoxy) is 1. The number of allylic oxidation sites excluding steroid dienone is 5. The number of aliphatic hydroxyl groups excluding tert-OH is 2. The lowest BCUT2D eigenvalue weighted by molar-refractivity contribution is -0.143. The molecule has 0 bridgehead atoms. The molecule has 0 aromatic heterocycles. The molecule has 0 aliphatic rings. The smallest absolute Gasteiger partial charge is 0.305 e. The molecule has 400 valence electrons. The fourth-order valence-electron chi connectivity index (χ4n) is 9.24. The second-order valence-electron chi connectivity index (χ2n) is 20.7. The standard InChI is InChI=1S/C62H117NO5/c1-3-5-7-9-11-13-15-17-30-34-38-42-46-50-54-60(65)59(58-64)63-61(66)55-51-47-43-39-35-31-28-26-24-22-20-19-21-23-25-27-29-33-37-41-45-49-53-57-68-62(67)56-52-48-44-40-36-32-18-16-14-12-10-8-6-4-2/h10,12,16,18,50,54,59-60,64-65H,3-9,11,13-15,17,19-49,51-53,55-58H2,1-2H3,(H,63,66)/b12-10-,18-16-,54-50+. The summed E-state index contributed by atoms with van der Waals surface area (Å²) < 4.78 is 5.47. The van der Waals surface area contributed by atoms with E-state index in [1.807, 2.05) is 6.08 Å². The summed E-state index contributed by atoms with van der Waals surface area (Å²) in [5.74, 6) is -0.0679. The molecular formula is C62H117NO5. The van der Waals surface area contributed by atoms with Crippen molar-refractivity contribution >= 4 is 11.9 Å². The van der Waals surface area contributed by atoms with Crippen LogP contribution < -0.4 is 5.32 Å². The van der Waals surface area contributed by atoms with Crippen molar-refractivity contribution in [1.29, 1.82) is 0 Å². The van der Waals surface area contributed by atoms with Crippen molar-refractivity contribution in [2.45, 2.75) is 334 Å². The normalized spacial score (nSPS) is 12.8. The van der Waals surface area contributed by atoms with E-state index in [0.29, 0.717) is 19.4 Å². The molecule has 2 unspecified atom stereocenters. The highest BCUT2D eigenvalue weighted by atomic mass is 16.5. The largest absolute Gasteiger partial charge is 0.466 e. The first-order chi connectivity index (χ1) is 33.5. The molecule has 0 heterocycles. The molecule has 0 spiro atoms. The van der Waals surface area contributed by atoms with Gasteiger partial charge in [-0.25, -0.2) is 0 Å². The van der Waals surface area contributed by atoms with Gasteiger partial charge in [0.15, 0.2) is 0 Å². The molecule has 1 amide bonds. The summed E-state index contributed by atoms with van der Waals surface area (Å²) in [5.41, 5.74) is 0. The van der Waals surface area contributed by atoms with Crippen molar-refractivity contribution in [3.63, 3.8) is 0 Å². The van der Waals surface area contributed by atoms with Gasteiger partial charge >= 0.3 is 5.97 Å². The lowest BCUT2D eigenvalue weighted by atomic mass is 10.0. The molecule has 6 heteroatoms. The predicted molar refractivity (Wildman–Crippen MR) is 296 cm³/mol. The number of amides is 1. The number of hydrogen-bond acceptors (Lipinski definition) is 5. The van der Waals surface area contributed by atoms with Crippen molar-refractivity contribution < 1.29 is 24.5 Å². The molecule has 0 fully saturated rings. The minimum absolute atomic E-state index is 0.000901. The van der Waals surface area contributed by atoms with Gasteiger partial charge in [-0.1, -0.05) is 288 Å². The first-order valence-corrected chi connectivity index (χ1v) is 30.3. The molecule has 2 atom stereocenters. The highest BCUT2D eigenvalue weighted by Gasteiger charge is 2.18. The van der Waals surface area contributed by atoms with Crippen LogP contribution in [-0.2, 0) is 14.3 Å². The number of carbonyl (C=O) groups excluding carboxylic acids is 2. The van der Waals surface area contributed by atoms with Crippen LogP contribution in [0.25, 0.3) is 0 Å². The van der Waals surface area contributed by atoms with Gasteiger partial charge in [0, 0.05) is 12.8 Å². The van der Waals surface area contributed by atoms with E-state index in [9.17, 15) is 19.8 Å². The second-order valence-corrected chi connectivity index (χ2v) is 20.7. The number of rotatable bonds is 56. The number of unbranched alkanes of at least 4 members (excludes halogenated alkanes) is 41. The Kier molecular flexibility index (Phi) is 56.0. The number of hydrogen-bond donors (Lipinski definition) is 3. The van der Waals surface area contributed by atoms with Gasteiger partial charge in [-0.2, -0.15) is 0 Å². The lowest BCUT2D eigenvalue weighted by Crippen LogP contribution is -2.45. The molecule has 0 aliphatic carbocycles. The van der Waals surface area contributed by atoms with Crippen molar-refractivity contribution in [2.24, 2.45) is 0 Å². The van der Waals surface area contributed by atoms with Crippen molar-refractivity contribution in [2.75, 3.05) is 13.2 Å². The van der Waals surface area contributed by atoms with Gasteiger partial charge in [0.1, 0.15) is 0 Å². The van der Waals surface area contributed by atoms with Crippen LogP contribution in [0.5, 0.6) is 0 Å². The molecule has 0 aliphatic heterocycles. The second kappa shape index (κ2) is 57.7. The average Bonchev–Trinajstić information content (AvgIpc) is 3.34. The van der Waals surface area contributed by atoms with Crippen LogP contribution in [0.15, 0.2) is 36.5 Å². The number of aliphatic hydroxyl groups is 2. The number of carbonyl (C=O) groups is 2. The predicted octanol–water partition coefficient (Wildman–Crippen LogP) is 18.8. The molecule has 0 aromatic rings. The summed E-state index contributed by atoms with van der Waals surface area (Å²) in [6, 6.07) is -0.627. The molecular weight excluding hydrogens is 839 g/mol. The Morgan fingerprint density at radius 3 is 1.16 bits per heavy atom. The Labute approximate surface area is 424 Å². The summed E-state index contributed by atoms with van der Waals surface area (Å²) in [6.45, 7) is 4.86. The zero-order chi connectivity index (χ0) is 49.3. The Bertz CT molecular complexity index is 1100. The summed E-state index contributed by atoms with van der Waals surface area (Å²) >= 11 is 0. The SMILES string of the molecule is CCCC/C=C\C/C=C\CCCCCCCC(=O)OCCCCCCCCCCCCCCCCCCCCCCCCCC(=O)NC(CO)C(O)/C=C/CCCCCCCCCCCCCC. The topological polar surface area (TPSA) is 95.9 Å². The molecule has 3 N–H and O–H groups in total.